The van der Waals surface area contributed by atoms with Crippen LogP contribution in [0.3, 0.4) is 0 Å². The van der Waals surface area contributed by atoms with Gasteiger partial charge in [0.25, 0.3) is 0 Å². The first kappa shape index (κ1) is 9.66. The molecule has 1 aromatic rings. The van der Waals surface area contributed by atoms with Crippen molar-refractivity contribution in [2.75, 3.05) is 23.8 Å². The molecule has 0 saturated carbocycles. The summed E-state index contributed by atoms with van der Waals surface area (Å²) in [5, 5.41) is 4.20. The number of nitrogens with one attached hydrogen (secondary N) is 1. The lowest BCUT2D eigenvalue weighted by molar-refractivity contribution is 0.622. The van der Waals surface area contributed by atoms with E-state index < -0.39 is 0 Å². The van der Waals surface area contributed by atoms with E-state index in [1.54, 1.807) is 0 Å². The fourth-order valence-electron chi connectivity index (χ4n) is 1.94. The number of fused-ring (bicyclic) bond motifs is 1. The quantitative estimate of drug-likeness (QED) is 0.767. The average Bonchev–Trinajstić information content (AvgIpc) is 2.18. The lowest BCUT2D eigenvalue weighted by Crippen LogP contribution is -2.40. The summed E-state index contributed by atoms with van der Waals surface area (Å²) in [6, 6.07) is 6.59. The molecule has 1 unspecified atom stereocenters. The zero-order chi connectivity index (χ0) is 10.1. The Balaban J connectivity index is 2.36. The number of nitrogens with zero attached hydrogens (tertiary/aromatic N) is 1. The van der Waals surface area contributed by atoms with E-state index in [4.69, 9.17) is 11.6 Å². The molecule has 0 aliphatic carbocycles. The Morgan fingerprint density at radius 2 is 2.36 bits per heavy atom. The number of benzene rings is 1. The Morgan fingerprint density at radius 1 is 1.57 bits per heavy atom. The lowest BCUT2D eigenvalue weighted by Gasteiger charge is -2.36. The molecule has 2 nitrogen and oxygen atoms in total. The van der Waals surface area contributed by atoms with E-state index in [-0.39, 0.29) is 0 Å². The van der Waals surface area contributed by atoms with Gasteiger partial charge in [-0.3, -0.25) is 0 Å². The summed E-state index contributed by atoms with van der Waals surface area (Å²) in [7, 11) is 2.14. The van der Waals surface area contributed by atoms with Gasteiger partial charge in [0.2, 0.25) is 0 Å². The molecule has 2 rings (SSSR count). The molecule has 1 N–H and O–H groups in total. The third-order valence-electron chi connectivity index (χ3n) is 2.89. The number of halogens is 1. The molecule has 0 aromatic heterocycles. The minimum Gasteiger partial charge on any atom is -0.381 e. The van der Waals surface area contributed by atoms with Gasteiger partial charge >= 0.3 is 0 Å². The predicted octanol–water partition coefficient (Wildman–Crippen LogP) is 2.98. The molecule has 1 aliphatic heterocycles. The summed E-state index contributed by atoms with van der Waals surface area (Å²) < 4.78 is 0. The van der Waals surface area contributed by atoms with Crippen LogP contribution in [0.5, 0.6) is 0 Å². The largest absolute Gasteiger partial charge is 0.381 e. The Kier molecular flexibility index (Phi) is 2.55. The molecule has 0 amide bonds. The van der Waals surface area contributed by atoms with Crippen LogP contribution < -0.4 is 10.2 Å². The molecular weight excluding hydrogens is 196 g/mol. The van der Waals surface area contributed by atoms with E-state index in [0.717, 1.165) is 23.7 Å². The summed E-state index contributed by atoms with van der Waals surface area (Å²) in [4.78, 5) is 2.32. The highest BCUT2D eigenvalue weighted by molar-refractivity contribution is 6.31. The molecule has 0 saturated heterocycles. The topological polar surface area (TPSA) is 15.3 Å². The summed E-state index contributed by atoms with van der Waals surface area (Å²) in [6.45, 7) is 3.21. The van der Waals surface area contributed by atoms with Crippen molar-refractivity contribution in [3.05, 3.63) is 23.2 Å². The lowest BCUT2D eigenvalue weighted by atomic mass is 10.1. The molecule has 0 spiro atoms. The van der Waals surface area contributed by atoms with Crippen molar-refractivity contribution in [3.8, 4) is 0 Å². The first-order valence-corrected chi connectivity index (χ1v) is 5.36. The van der Waals surface area contributed by atoms with Crippen molar-refractivity contribution >= 4 is 23.0 Å². The smallest absolute Gasteiger partial charge is 0.0603 e. The van der Waals surface area contributed by atoms with Crippen LogP contribution in [-0.2, 0) is 0 Å². The van der Waals surface area contributed by atoms with Crippen molar-refractivity contribution in [2.24, 2.45) is 0 Å². The predicted molar refractivity (Wildman–Crippen MR) is 62.4 cm³/mol. The molecule has 14 heavy (non-hydrogen) atoms. The van der Waals surface area contributed by atoms with E-state index >= 15 is 0 Å². The van der Waals surface area contributed by atoms with Gasteiger partial charge in [-0.25, -0.2) is 0 Å². The van der Waals surface area contributed by atoms with Gasteiger partial charge < -0.3 is 10.2 Å². The van der Waals surface area contributed by atoms with E-state index in [1.807, 2.05) is 12.1 Å². The van der Waals surface area contributed by atoms with E-state index in [9.17, 15) is 0 Å². The van der Waals surface area contributed by atoms with Crippen LogP contribution in [-0.4, -0.2) is 19.6 Å². The maximum atomic E-state index is 5.94. The van der Waals surface area contributed by atoms with Gasteiger partial charge in [-0.2, -0.15) is 0 Å². The van der Waals surface area contributed by atoms with Crippen LogP contribution in [0.4, 0.5) is 11.4 Å². The Morgan fingerprint density at radius 3 is 3.07 bits per heavy atom. The molecule has 0 bridgehead atoms. The van der Waals surface area contributed by atoms with Gasteiger partial charge in [-0.1, -0.05) is 18.5 Å². The summed E-state index contributed by atoms with van der Waals surface area (Å²) in [5.41, 5.74) is 2.39. The van der Waals surface area contributed by atoms with Crippen LogP contribution in [0.15, 0.2) is 18.2 Å². The molecule has 1 aliphatic rings. The molecule has 0 fully saturated rings. The SMILES string of the molecule is CCC1CNc2cc(Cl)ccc2N1C. The normalized spacial score (nSPS) is 20.2. The van der Waals surface area contributed by atoms with Crippen LogP contribution in [0, 0.1) is 0 Å². The molecule has 1 heterocycles. The van der Waals surface area contributed by atoms with Gasteiger partial charge in [-0.15, -0.1) is 0 Å². The Bertz CT molecular complexity index is 338. The minimum atomic E-state index is 0.587. The zero-order valence-electron chi connectivity index (χ0n) is 8.55. The highest BCUT2D eigenvalue weighted by Gasteiger charge is 2.21. The van der Waals surface area contributed by atoms with Crippen molar-refractivity contribution < 1.29 is 0 Å². The Labute approximate surface area is 89.9 Å². The average molecular weight is 211 g/mol. The van der Waals surface area contributed by atoms with Crippen molar-refractivity contribution in [1.29, 1.82) is 0 Å². The standard InChI is InChI=1S/C11H15ClN2/c1-3-9-7-13-10-6-8(12)4-5-11(10)14(9)2/h4-6,9,13H,3,7H2,1-2H3. The number of likely N-dealkylation sites (N-methyl/N-ethyl adjacent to an activating group) is 1. The van der Waals surface area contributed by atoms with Crippen LogP contribution >= 0.6 is 11.6 Å². The number of hydrogen-bond donors (Lipinski definition) is 1. The van der Waals surface area contributed by atoms with E-state index in [2.05, 4.69) is 30.3 Å². The highest BCUT2D eigenvalue weighted by Crippen LogP contribution is 2.33. The second-order valence-corrected chi connectivity index (χ2v) is 4.15. The second kappa shape index (κ2) is 3.70. The van der Waals surface area contributed by atoms with E-state index in [1.165, 1.54) is 5.69 Å². The zero-order valence-corrected chi connectivity index (χ0v) is 9.30. The third kappa shape index (κ3) is 1.55. The molecule has 1 aromatic carbocycles. The first-order valence-electron chi connectivity index (χ1n) is 4.98. The fraction of sp³-hybridized carbons (Fsp3) is 0.455. The van der Waals surface area contributed by atoms with Gasteiger partial charge in [-0.05, 0) is 24.6 Å². The number of anilines is 2. The summed E-state index contributed by atoms with van der Waals surface area (Å²) >= 11 is 5.94. The van der Waals surface area contributed by atoms with Crippen LogP contribution in [0.2, 0.25) is 5.02 Å². The molecule has 0 radical (unpaired) electrons. The van der Waals surface area contributed by atoms with Crippen LogP contribution in [0.1, 0.15) is 13.3 Å². The van der Waals surface area contributed by atoms with Gasteiger partial charge in [0, 0.05) is 24.7 Å². The summed E-state index contributed by atoms with van der Waals surface area (Å²) in [6.07, 6.45) is 1.16. The number of rotatable bonds is 1. The van der Waals surface area contributed by atoms with Gasteiger partial charge in [0.15, 0.2) is 0 Å². The molecule has 1 atom stereocenters. The minimum absolute atomic E-state index is 0.587. The van der Waals surface area contributed by atoms with Crippen molar-refractivity contribution in [3.63, 3.8) is 0 Å². The highest BCUT2D eigenvalue weighted by atomic mass is 35.5. The molecular formula is C11H15ClN2. The van der Waals surface area contributed by atoms with Crippen molar-refractivity contribution in [2.45, 2.75) is 19.4 Å². The Hall–Kier alpha value is -0.890. The van der Waals surface area contributed by atoms with Crippen LogP contribution in [0.25, 0.3) is 0 Å². The molecule has 3 heteroatoms. The summed E-state index contributed by atoms with van der Waals surface area (Å²) in [5.74, 6) is 0. The second-order valence-electron chi connectivity index (χ2n) is 3.72. The van der Waals surface area contributed by atoms with Gasteiger partial charge in [0.1, 0.15) is 0 Å². The van der Waals surface area contributed by atoms with E-state index in [0.29, 0.717) is 6.04 Å². The van der Waals surface area contributed by atoms with Crippen molar-refractivity contribution in [1.82, 2.24) is 0 Å². The monoisotopic (exact) mass is 210 g/mol. The maximum absolute atomic E-state index is 5.94. The van der Waals surface area contributed by atoms with Gasteiger partial charge in [0.05, 0.1) is 11.4 Å². The molecule has 76 valence electrons. The number of hydrogen-bond acceptors (Lipinski definition) is 2. The first-order chi connectivity index (χ1) is 6.72. The maximum Gasteiger partial charge on any atom is 0.0603 e. The third-order valence-corrected chi connectivity index (χ3v) is 3.12. The fourth-order valence-corrected chi connectivity index (χ4v) is 2.11.